The van der Waals surface area contributed by atoms with Crippen LogP contribution in [-0.4, -0.2) is 42.7 Å². The number of carbonyl (C=O) groups is 1. The van der Waals surface area contributed by atoms with E-state index in [0.717, 1.165) is 30.1 Å². The van der Waals surface area contributed by atoms with Crippen LogP contribution in [0.15, 0.2) is 29.2 Å². The Bertz CT molecular complexity index is 495. The fraction of sp³-hybridized carbons (Fsp3) is 0.588. The maximum atomic E-state index is 13.0. The second-order valence-electron chi connectivity index (χ2n) is 6.10. The quantitative estimate of drug-likeness (QED) is 0.849. The van der Waals surface area contributed by atoms with Gasteiger partial charge in [-0.05, 0) is 63.1 Å². The Balaban J connectivity index is 1.75. The summed E-state index contributed by atoms with van der Waals surface area (Å²) in [6.07, 6.45) is 6.87. The zero-order valence-corrected chi connectivity index (χ0v) is 13.5. The zero-order valence-electron chi connectivity index (χ0n) is 12.7. The number of hydrogen-bond acceptors (Lipinski definition) is 3. The SMILES string of the molecule is CSc1ccccc1C(=O)N(CC1CCCNC1)C1CC1. The van der Waals surface area contributed by atoms with Crippen molar-refractivity contribution in [3.8, 4) is 0 Å². The monoisotopic (exact) mass is 304 g/mol. The summed E-state index contributed by atoms with van der Waals surface area (Å²) in [5, 5.41) is 3.46. The van der Waals surface area contributed by atoms with Gasteiger partial charge in [0.25, 0.3) is 5.91 Å². The minimum Gasteiger partial charge on any atom is -0.335 e. The smallest absolute Gasteiger partial charge is 0.255 e. The van der Waals surface area contributed by atoms with E-state index in [4.69, 9.17) is 0 Å². The molecule has 1 unspecified atom stereocenters. The van der Waals surface area contributed by atoms with Crippen LogP contribution in [0, 0.1) is 5.92 Å². The topological polar surface area (TPSA) is 32.3 Å². The van der Waals surface area contributed by atoms with Crippen molar-refractivity contribution < 1.29 is 4.79 Å². The Morgan fingerprint density at radius 2 is 2.14 bits per heavy atom. The van der Waals surface area contributed by atoms with E-state index in [0.29, 0.717) is 12.0 Å². The molecule has 114 valence electrons. The molecule has 2 fully saturated rings. The van der Waals surface area contributed by atoms with Gasteiger partial charge in [0.05, 0.1) is 5.56 Å². The van der Waals surface area contributed by atoms with Gasteiger partial charge in [-0.25, -0.2) is 0 Å². The van der Waals surface area contributed by atoms with Crippen LogP contribution in [0.25, 0.3) is 0 Å². The highest BCUT2D eigenvalue weighted by Gasteiger charge is 2.35. The van der Waals surface area contributed by atoms with Crippen LogP contribution in [0.2, 0.25) is 0 Å². The molecule has 3 nitrogen and oxygen atoms in total. The van der Waals surface area contributed by atoms with Crippen LogP contribution in [0.5, 0.6) is 0 Å². The first-order valence-corrected chi connectivity index (χ1v) is 9.16. The summed E-state index contributed by atoms with van der Waals surface area (Å²) in [6.45, 7) is 3.10. The molecule has 3 rings (SSSR count). The van der Waals surface area contributed by atoms with Gasteiger partial charge in [-0.15, -0.1) is 11.8 Å². The molecule has 1 aromatic rings. The molecule has 1 saturated heterocycles. The standard InChI is InChI=1S/C17H24N2OS/c1-21-16-7-3-2-6-15(16)17(20)19(14-8-9-14)12-13-5-4-10-18-11-13/h2-3,6-7,13-14,18H,4-5,8-12H2,1H3. The van der Waals surface area contributed by atoms with Gasteiger partial charge in [0.15, 0.2) is 0 Å². The Labute approximate surface area is 131 Å². The van der Waals surface area contributed by atoms with E-state index in [1.54, 1.807) is 11.8 Å². The molecule has 2 aliphatic rings. The van der Waals surface area contributed by atoms with E-state index in [1.165, 1.54) is 25.7 Å². The fourth-order valence-corrected chi connectivity index (χ4v) is 3.71. The third-order valence-corrected chi connectivity index (χ3v) is 5.24. The number of hydrogen-bond donors (Lipinski definition) is 1. The number of carbonyl (C=O) groups excluding carboxylic acids is 1. The number of nitrogens with one attached hydrogen (secondary N) is 1. The molecule has 0 radical (unpaired) electrons. The molecular weight excluding hydrogens is 280 g/mol. The molecule has 1 N–H and O–H groups in total. The molecule has 1 atom stereocenters. The Morgan fingerprint density at radius 1 is 1.33 bits per heavy atom. The predicted molar refractivity (Wildman–Crippen MR) is 87.9 cm³/mol. The van der Waals surface area contributed by atoms with E-state index in [1.807, 2.05) is 30.5 Å². The Hall–Kier alpha value is -1.00. The van der Waals surface area contributed by atoms with E-state index in [2.05, 4.69) is 10.2 Å². The summed E-state index contributed by atoms with van der Waals surface area (Å²) in [4.78, 5) is 16.2. The second kappa shape index (κ2) is 6.84. The molecule has 1 aliphatic heterocycles. The molecule has 1 heterocycles. The maximum absolute atomic E-state index is 13.0. The molecule has 0 bridgehead atoms. The second-order valence-corrected chi connectivity index (χ2v) is 6.95. The molecule has 1 saturated carbocycles. The zero-order chi connectivity index (χ0) is 14.7. The summed E-state index contributed by atoms with van der Waals surface area (Å²) < 4.78 is 0. The van der Waals surface area contributed by atoms with Gasteiger partial charge in [0, 0.05) is 17.5 Å². The van der Waals surface area contributed by atoms with Gasteiger partial charge >= 0.3 is 0 Å². The first-order valence-electron chi connectivity index (χ1n) is 7.94. The van der Waals surface area contributed by atoms with Crippen molar-refractivity contribution in [1.82, 2.24) is 10.2 Å². The van der Waals surface area contributed by atoms with Crippen molar-refractivity contribution in [2.24, 2.45) is 5.92 Å². The van der Waals surface area contributed by atoms with Gasteiger partial charge < -0.3 is 10.2 Å². The summed E-state index contributed by atoms with van der Waals surface area (Å²) in [7, 11) is 0. The van der Waals surface area contributed by atoms with Crippen LogP contribution < -0.4 is 5.32 Å². The maximum Gasteiger partial charge on any atom is 0.255 e. The third kappa shape index (κ3) is 3.61. The number of piperidine rings is 1. The van der Waals surface area contributed by atoms with Gasteiger partial charge in [-0.2, -0.15) is 0 Å². The number of rotatable bonds is 5. The summed E-state index contributed by atoms with van der Waals surface area (Å²) in [5.74, 6) is 0.845. The van der Waals surface area contributed by atoms with Crippen LogP contribution in [0.1, 0.15) is 36.0 Å². The Kier molecular flexibility index (Phi) is 4.86. The van der Waals surface area contributed by atoms with E-state index >= 15 is 0 Å². The third-order valence-electron chi connectivity index (χ3n) is 4.44. The van der Waals surface area contributed by atoms with Crippen LogP contribution in [0.3, 0.4) is 0 Å². The van der Waals surface area contributed by atoms with E-state index < -0.39 is 0 Å². The fourth-order valence-electron chi connectivity index (χ4n) is 3.12. The highest BCUT2D eigenvalue weighted by Crippen LogP contribution is 2.31. The highest BCUT2D eigenvalue weighted by molar-refractivity contribution is 7.98. The molecular formula is C17H24N2OS. The van der Waals surface area contributed by atoms with Gasteiger partial charge in [-0.1, -0.05) is 12.1 Å². The lowest BCUT2D eigenvalue weighted by atomic mass is 9.98. The predicted octanol–water partition coefficient (Wildman–Crippen LogP) is 3.01. The molecule has 1 amide bonds. The minimum atomic E-state index is 0.230. The summed E-state index contributed by atoms with van der Waals surface area (Å²) in [6, 6.07) is 8.48. The minimum absolute atomic E-state index is 0.230. The number of nitrogens with zero attached hydrogens (tertiary/aromatic N) is 1. The van der Waals surface area contributed by atoms with Crippen molar-refractivity contribution in [2.45, 2.75) is 36.6 Å². The average molecular weight is 304 g/mol. The van der Waals surface area contributed by atoms with Crippen molar-refractivity contribution in [1.29, 1.82) is 0 Å². The summed E-state index contributed by atoms with van der Waals surface area (Å²) >= 11 is 1.66. The lowest BCUT2D eigenvalue weighted by Gasteiger charge is -2.30. The molecule has 0 aromatic heterocycles. The van der Waals surface area contributed by atoms with Crippen LogP contribution >= 0.6 is 11.8 Å². The number of amides is 1. The first kappa shape index (κ1) is 14.9. The Morgan fingerprint density at radius 3 is 2.81 bits per heavy atom. The van der Waals surface area contributed by atoms with Gasteiger partial charge in [0.2, 0.25) is 0 Å². The van der Waals surface area contributed by atoms with Gasteiger partial charge in [0.1, 0.15) is 0 Å². The average Bonchev–Trinajstić information content (AvgIpc) is 3.37. The largest absolute Gasteiger partial charge is 0.335 e. The van der Waals surface area contributed by atoms with E-state index in [-0.39, 0.29) is 5.91 Å². The number of thioether (sulfide) groups is 1. The lowest BCUT2D eigenvalue weighted by molar-refractivity contribution is 0.0700. The lowest BCUT2D eigenvalue weighted by Crippen LogP contribution is -2.42. The van der Waals surface area contributed by atoms with Crippen LogP contribution in [0.4, 0.5) is 0 Å². The molecule has 1 aliphatic carbocycles. The van der Waals surface area contributed by atoms with E-state index in [9.17, 15) is 4.79 Å². The van der Waals surface area contributed by atoms with Gasteiger partial charge in [-0.3, -0.25) is 4.79 Å². The first-order chi connectivity index (χ1) is 10.3. The molecule has 0 spiro atoms. The molecule has 21 heavy (non-hydrogen) atoms. The van der Waals surface area contributed by atoms with Crippen LogP contribution in [-0.2, 0) is 0 Å². The summed E-state index contributed by atoms with van der Waals surface area (Å²) in [5.41, 5.74) is 0.876. The normalized spacial score (nSPS) is 22.0. The number of benzene rings is 1. The van der Waals surface area contributed by atoms with Crippen molar-refractivity contribution >= 4 is 17.7 Å². The molecule has 4 heteroatoms. The van der Waals surface area contributed by atoms with Crippen molar-refractivity contribution in [3.63, 3.8) is 0 Å². The highest BCUT2D eigenvalue weighted by atomic mass is 32.2. The van der Waals surface area contributed by atoms with Crippen molar-refractivity contribution in [2.75, 3.05) is 25.9 Å². The molecule has 1 aromatic carbocycles. The van der Waals surface area contributed by atoms with Crippen molar-refractivity contribution in [3.05, 3.63) is 29.8 Å².